The van der Waals surface area contributed by atoms with Crippen molar-refractivity contribution in [3.05, 3.63) is 81.3 Å². The number of carbonyl (C=O) groups is 3. The third-order valence-electron chi connectivity index (χ3n) is 4.41. The number of aromatic nitrogens is 2. The second-order valence-electron chi connectivity index (χ2n) is 6.70. The smallest absolute Gasteiger partial charge is 0.337 e. The van der Waals surface area contributed by atoms with Crippen LogP contribution in [0.2, 0.25) is 0 Å². The highest BCUT2D eigenvalue weighted by atomic mass is 16.5. The number of nitrogens with zero attached hydrogens (tertiary/aromatic N) is 2. The van der Waals surface area contributed by atoms with Gasteiger partial charge in [0.1, 0.15) is 0 Å². The number of methoxy groups -OCH3 is 2. The van der Waals surface area contributed by atoms with Crippen LogP contribution in [-0.2, 0) is 9.47 Å². The minimum absolute atomic E-state index is 0.00684. The maximum Gasteiger partial charge on any atom is 0.337 e. The van der Waals surface area contributed by atoms with Gasteiger partial charge in [-0.05, 0) is 42.8 Å². The van der Waals surface area contributed by atoms with E-state index in [1.165, 1.54) is 32.4 Å². The molecule has 164 valence electrons. The Balaban J connectivity index is 2.02. The topological polar surface area (TPSA) is 137 Å². The number of hydrogen-bond acceptors (Lipinski definition) is 8. The van der Waals surface area contributed by atoms with Crippen LogP contribution in [0.25, 0.3) is 5.69 Å². The fraction of sp³-hybridized carbons (Fsp3) is 0.136. The Morgan fingerprint density at radius 1 is 0.969 bits per heavy atom. The Labute approximate surface area is 182 Å². The van der Waals surface area contributed by atoms with Crippen molar-refractivity contribution in [3.63, 3.8) is 0 Å². The van der Waals surface area contributed by atoms with Gasteiger partial charge in [0.2, 0.25) is 0 Å². The van der Waals surface area contributed by atoms with Crippen LogP contribution in [0.4, 0.5) is 5.69 Å². The minimum Gasteiger partial charge on any atom is -0.505 e. The molecule has 0 aliphatic heterocycles. The van der Waals surface area contributed by atoms with Gasteiger partial charge in [-0.25, -0.2) is 9.59 Å². The molecule has 3 aromatic rings. The van der Waals surface area contributed by atoms with Crippen molar-refractivity contribution in [1.82, 2.24) is 9.78 Å². The molecule has 0 radical (unpaired) electrons. The molecular formula is C22H19N3O7. The lowest BCUT2D eigenvalue weighted by Crippen LogP contribution is -2.25. The maximum absolute atomic E-state index is 12.8. The van der Waals surface area contributed by atoms with E-state index in [1.807, 2.05) is 13.0 Å². The van der Waals surface area contributed by atoms with Crippen molar-refractivity contribution in [2.45, 2.75) is 6.92 Å². The summed E-state index contributed by atoms with van der Waals surface area (Å²) >= 11 is 0. The number of nitrogens with one attached hydrogen (secondary N) is 1. The highest BCUT2D eigenvalue weighted by Crippen LogP contribution is 2.20. The summed E-state index contributed by atoms with van der Waals surface area (Å²) in [7, 11) is 2.34. The fourth-order valence-electron chi connectivity index (χ4n) is 2.91. The summed E-state index contributed by atoms with van der Waals surface area (Å²) in [5.41, 5.74) is 0.238. The molecule has 0 aliphatic rings. The first-order chi connectivity index (χ1) is 15.2. The van der Waals surface area contributed by atoms with Gasteiger partial charge in [0.05, 0.1) is 31.0 Å². The van der Waals surface area contributed by atoms with Crippen molar-refractivity contribution in [2.75, 3.05) is 19.5 Å². The predicted molar refractivity (Wildman–Crippen MR) is 113 cm³/mol. The molecule has 0 saturated heterocycles. The molecular weight excluding hydrogens is 418 g/mol. The van der Waals surface area contributed by atoms with Crippen LogP contribution in [0.3, 0.4) is 0 Å². The zero-order chi connectivity index (χ0) is 23.4. The van der Waals surface area contributed by atoms with E-state index in [2.05, 4.69) is 19.9 Å². The first-order valence-corrected chi connectivity index (χ1v) is 9.27. The summed E-state index contributed by atoms with van der Waals surface area (Å²) in [4.78, 5) is 49.0. The number of anilines is 1. The number of aryl methyl sites for hydroxylation is 1. The zero-order valence-electron chi connectivity index (χ0n) is 17.4. The zero-order valence-corrected chi connectivity index (χ0v) is 17.4. The highest BCUT2D eigenvalue weighted by molar-refractivity contribution is 6.06. The second kappa shape index (κ2) is 9.13. The van der Waals surface area contributed by atoms with Crippen LogP contribution in [0, 0.1) is 6.92 Å². The molecule has 2 N–H and O–H groups in total. The number of esters is 2. The van der Waals surface area contributed by atoms with E-state index in [4.69, 9.17) is 0 Å². The Morgan fingerprint density at radius 3 is 2.16 bits per heavy atom. The molecule has 0 unspecified atom stereocenters. The molecule has 1 heterocycles. The average molecular weight is 437 g/mol. The number of carbonyl (C=O) groups excluding carboxylic acids is 3. The quantitative estimate of drug-likeness (QED) is 0.579. The van der Waals surface area contributed by atoms with E-state index in [9.17, 15) is 24.3 Å². The SMILES string of the molecule is COC(=O)c1cc(NC(=O)c2nn(-c3cccc(C)c3)c(=O)cc2O)cc(C(=O)OC)c1. The van der Waals surface area contributed by atoms with Gasteiger partial charge in [0, 0.05) is 11.8 Å². The van der Waals surface area contributed by atoms with Gasteiger partial charge in [-0.2, -0.15) is 9.78 Å². The van der Waals surface area contributed by atoms with Crippen LogP contribution in [0.5, 0.6) is 5.75 Å². The van der Waals surface area contributed by atoms with E-state index < -0.39 is 34.8 Å². The number of rotatable bonds is 5. The summed E-state index contributed by atoms with van der Waals surface area (Å²) in [6, 6.07) is 11.6. The standard InChI is InChI=1S/C22H19N3O7/c1-12-5-4-6-16(7-12)25-18(27)11-17(26)19(24-25)20(28)23-15-9-13(21(29)31-2)8-14(10-15)22(30)32-3/h4-11,26H,1-3H3,(H,23,28). The Hall–Kier alpha value is -4.47. The lowest BCUT2D eigenvalue weighted by atomic mass is 10.1. The molecule has 0 spiro atoms. The fourth-order valence-corrected chi connectivity index (χ4v) is 2.91. The van der Waals surface area contributed by atoms with Gasteiger partial charge < -0.3 is 19.9 Å². The van der Waals surface area contributed by atoms with Crippen LogP contribution >= 0.6 is 0 Å². The molecule has 32 heavy (non-hydrogen) atoms. The minimum atomic E-state index is -0.873. The third-order valence-corrected chi connectivity index (χ3v) is 4.41. The highest BCUT2D eigenvalue weighted by Gasteiger charge is 2.20. The first-order valence-electron chi connectivity index (χ1n) is 9.27. The lowest BCUT2D eigenvalue weighted by Gasteiger charge is -2.11. The van der Waals surface area contributed by atoms with Gasteiger partial charge in [-0.3, -0.25) is 9.59 Å². The molecule has 0 atom stereocenters. The monoisotopic (exact) mass is 437 g/mol. The van der Waals surface area contributed by atoms with Crippen molar-refractivity contribution in [1.29, 1.82) is 0 Å². The number of aromatic hydroxyl groups is 1. The molecule has 1 aromatic heterocycles. The summed E-state index contributed by atoms with van der Waals surface area (Å²) in [6.07, 6.45) is 0. The van der Waals surface area contributed by atoms with Gasteiger partial charge in [-0.15, -0.1) is 0 Å². The van der Waals surface area contributed by atoms with E-state index in [0.29, 0.717) is 5.69 Å². The Morgan fingerprint density at radius 2 is 1.59 bits per heavy atom. The van der Waals surface area contributed by atoms with E-state index in [0.717, 1.165) is 16.3 Å². The lowest BCUT2D eigenvalue weighted by molar-refractivity contribution is 0.0598. The average Bonchev–Trinajstić information content (AvgIpc) is 2.77. The second-order valence-corrected chi connectivity index (χ2v) is 6.70. The molecule has 0 saturated carbocycles. The van der Waals surface area contributed by atoms with Crippen molar-refractivity contribution in [2.24, 2.45) is 0 Å². The van der Waals surface area contributed by atoms with E-state index >= 15 is 0 Å². The van der Waals surface area contributed by atoms with E-state index in [-0.39, 0.29) is 16.8 Å². The summed E-state index contributed by atoms with van der Waals surface area (Å²) in [6.45, 7) is 1.83. The van der Waals surface area contributed by atoms with Gasteiger partial charge in [-0.1, -0.05) is 12.1 Å². The van der Waals surface area contributed by atoms with Gasteiger partial charge in [0.25, 0.3) is 11.5 Å². The van der Waals surface area contributed by atoms with E-state index in [1.54, 1.807) is 18.2 Å². The molecule has 10 nitrogen and oxygen atoms in total. The molecule has 1 amide bonds. The largest absolute Gasteiger partial charge is 0.505 e. The maximum atomic E-state index is 12.8. The summed E-state index contributed by atoms with van der Waals surface area (Å²) in [5, 5.41) is 16.6. The first kappa shape index (κ1) is 22.2. The number of benzene rings is 2. The number of amides is 1. The normalized spacial score (nSPS) is 10.3. The molecule has 0 bridgehead atoms. The van der Waals surface area contributed by atoms with Crippen molar-refractivity contribution >= 4 is 23.5 Å². The molecule has 0 fully saturated rings. The number of ether oxygens (including phenoxy) is 2. The Kier molecular flexibility index (Phi) is 6.34. The molecule has 3 rings (SSSR count). The van der Waals surface area contributed by atoms with Crippen LogP contribution < -0.4 is 10.9 Å². The third kappa shape index (κ3) is 4.64. The summed E-state index contributed by atoms with van der Waals surface area (Å²) < 4.78 is 10.3. The summed E-state index contributed by atoms with van der Waals surface area (Å²) in [5.74, 6) is -2.98. The molecule has 10 heteroatoms. The molecule has 2 aromatic carbocycles. The van der Waals surface area contributed by atoms with Crippen molar-refractivity contribution in [3.8, 4) is 11.4 Å². The van der Waals surface area contributed by atoms with Crippen LogP contribution in [0.1, 0.15) is 36.8 Å². The van der Waals surface area contributed by atoms with Crippen LogP contribution in [-0.4, -0.2) is 47.0 Å². The van der Waals surface area contributed by atoms with Gasteiger partial charge in [0.15, 0.2) is 11.4 Å². The number of hydrogen-bond donors (Lipinski definition) is 2. The van der Waals surface area contributed by atoms with Crippen LogP contribution in [0.15, 0.2) is 53.3 Å². The Bertz CT molecular complexity index is 1250. The predicted octanol–water partition coefficient (Wildman–Crippen LogP) is 2.07. The van der Waals surface area contributed by atoms with Crippen molar-refractivity contribution < 1.29 is 29.0 Å². The molecule has 0 aliphatic carbocycles. The van der Waals surface area contributed by atoms with Gasteiger partial charge >= 0.3 is 11.9 Å².